The minimum atomic E-state index is 0.0584. The number of nitrogens with two attached hydrogens (primary N) is 1. The second-order valence-corrected chi connectivity index (χ2v) is 6.35. The zero-order valence-corrected chi connectivity index (χ0v) is 15.3. The summed E-state index contributed by atoms with van der Waals surface area (Å²) >= 11 is 1.37. The van der Waals surface area contributed by atoms with E-state index in [1.807, 2.05) is 6.92 Å². The molecule has 0 fully saturated rings. The molecule has 3 N–H and O–H groups in total. The first-order valence-electron chi connectivity index (χ1n) is 7.60. The van der Waals surface area contributed by atoms with E-state index in [1.54, 1.807) is 33.5 Å². The van der Waals surface area contributed by atoms with Crippen LogP contribution < -0.4 is 25.3 Å². The van der Waals surface area contributed by atoms with Gasteiger partial charge in [0.05, 0.1) is 27.9 Å². The molecule has 0 saturated carbocycles. The number of hydrogen-bond donors (Lipinski definition) is 2. The lowest BCUT2D eigenvalue weighted by Crippen LogP contribution is -2.08. The number of thiazole rings is 1. The molecule has 2 aromatic rings. The zero-order valence-electron chi connectivity index (χ0n) is 14.5. The molecule has 0 aliphatic carbocycles. The second kappa shape index (κ2) is 7.06. The zero-order chi connectivity index (χ0) is 18.0. The van der Waals surface area contributed by atoms with Crippen molar-refractivity contribution < 1.29 is 18.9 Å². The first-order chi connectivity index (χ1) is 12.0. The van der Waals surface area contributed by atoms with Crippen molar-refractivity contribution in [3.8, 4) is 17.2 Å². The molecular weight excluding hydrogens is 344 g/mol. The molecule has 0 unspecified atom stereocenters. The third-order valence-corrected chi connectivity index (χ3v) is 4.54. The molecule has 0 bridgehead atoms. The van der Waals surface area contributed by atoms with E-state index in [0.29, 0.717) is 40.6 Å². The maximum atomic E-state index is 6.01. The average molecular weight is 364 g/mol. The van der Waals surface area contributed by atoms with Crippen molar-refractivity contribution in [2.75, 3.05) is 38.9 Å². The second-order valence-electron chi connectivity index (χ2n) is 5.35. The van der Waals surface area contributed by atoms with E-state index in [-0.39, 0.29) is 6.10 Å². The van der Waals surface area contributed by atoms with Crippen molar-refractivity contribution in [1.82, 2.24) is 4.98 Å². The highest BCUT2D eigenvalue weighted by Crippen LogP contribution is 2.41. The van der Waals surface area contributed by atoms with Crippen LogP contribution in [0.1, 0.15) is 11.8 Å². The number of nitrogens with zero attached hydrogens (tertiary/aromatic N) is 2. The van der Waals surface area contributed by atoms with Crippen LogP contribution >= 0.6 is 11.3 Å². The monoisotopic (exact) mass is 364 g/mol. The summed E-state index contributed by atoms with van der Waals surface area (Å²) in [5.41, 5.74) is 6.74. The predicted octanol–water partition coefficient (Wildman–Crippen LogP) is 2.66. The van der Waals surface area contributed by atoms with Gasteiger partial charge in [0.25, 0.3) is 0 Å². The van der Waals surface area contributed by atoms with Gasteiger partial charge >= 0.3 is 0 Å². The molecule has 1 aliphatic heterocycles. The fourth-order valence-corrected chi connectivity index (χ4v) is 3.27. The minimum Gasteiger partial charge on any atom is -0.493 e. The number of nitrogen functional groups attached to an aromatic ring is 1. The van der Waals surface area contributed by atoms with Gasteiger partial charge in [-0.2, -0.15) is 0 Å². The Morgan fingerprint density at radius 1 is 1.20 bits per heavy atom. The van der Waals surface area contributed by atoms with Crippen molar-refractivity contribution in [2.24, 2.45) is 4.99 Å². The fraction of sp³-hybridized carbons (Fsp3) is 0.375. The largest absolute Gasteiger partial charge is 0.493 e. The van der Waals surface area contributed by atoms with E-state index in [9.17, 15) is 0 Å². The van der Waals surface area contributed by atoms with Gasteiger partial charge in [-0.3, -0.25) is 0 Å². The van der Waals surface area contributed by atoms with Crippen LogP contribution in [0.3, 0.4) is 0 Å². The summed E-state index contributed by atoms with van der Waals surface area (Å²) in [6.07, 6.45) is 0.0584. The first kappa shape index (κ1) is 17.2. The van der Waals surface area contributed by atoms with E-state index in [4.69, 9.17) is 24.7 Å². The summed E-state index contributed by atoms with van der Waals surface area (Å²) in [6, 6.07) is 3.59. The number of ether oxygens (including phenoxy) is 4. The number of methoxy groups -OCH3 is 3. The SMILES string of the molecule is COc1cc(Nc2nc(N)c(C3=NC[C@@H](C)O3)s2)cc(OC)c1OC. The Morgan fingerprint density at radius 3 is 2.40 bits per heavy atom. The van der Waals surface area contributed by atoms with Gasteiger partial charge < -0.3 is 30.0 Å². The lowest BCUT2D eigenvalue weighted by Gasteiger charge is -2.14. The van der Waals surface area contributed by atoms with Crippen LogP contribution in [0.15, 0.2) is 17.1 Å². The van der Waals surface area contributed by atoms with Gasteiger partial charge in [-0.25, -0.2) is 9.98 Å². The van der Waals surface area contributed by atoms with Crippen LogP contribution in [0.4, 0.5) is 16.6 Å². The van der Waals surface area contributed by atoms with Gasteiger partial charge in [-0.1, -0.05) is 11.3 Å². The summed E-state index contributed by atoms with van der Waals surface area (Å²) in [6.45, 7) is 2.59. The molecule has 9 heteroatoms. The van der Waals surface area contributed by atoms with Crippen molar-refractivity contribution >= 4 is 33.9 Å². The highest BCUT2D eigenvalue weighted by molar-refractivity contribution is 7.18. The van der Waals surface area contributed by atoms with Gasteiger partial charge in [0.2, 0.25) is 11.6 Å². The van der Waals surface area contributed by atoms with Crippen molar-refractivity contribution in [3.05, 3.63) is 17.0 Å². The predicted molar refractivity (Wildman–Crippen MR) is 97.9 cm³/mol. The highest BCUT2D eigenvalue weighted by atomic mass is 32.1. The Bertz CT molecular complexity index is 780. The summed E-state index contributed by atoms with van der Waals surface area (Å²) in [7, 11) is 4.69. The standard InChI is InChI=1S/C16H20N4O4S/c1-8-7-18-15(24-8)13-14(17)20-16(25-13)19-9-5-10(21-2)12(23-4)11(6-9)22-3/h5-6,8H,7,17H2,1-4H3,(H,19,20)/t8-/m1/s1. The third-order valence-electron chi connectivity index (χ3n) is 3.57. The number of aliphatic imine (C=N–C) groups is 1. The quantitative estimate of drug-likeness (QED) is 0.813. The molecule has 0 radical (unpaired) electrons. The summed E-state index contributed by atoms with van der Waals surface area (Å²) in [4.78, 5) is 9.41. The van der Waals surface area contributed by atoms with Gasteiger partial charge in [0.1, 0.15) is 16.8 Å². The van der Waals surface area contributed by atoms with E-state index in [2.05, 4.69) is 15.3 Å². The topological polar surface area (TPSA) is 100 Å². The molecule has 2 heterocycles. The lowest BCUT2D eigenvalue weighted by atomic mass is 10.2. The molecule has 1 aromatic heterocycles. The number of aromatic nitrogens is 1. The molecule has 0 saturated heterocycles. The number of rotatable bonds is 6. The molecule has 134 valence electrons. The lowest BCUT2D eigenvalue weighted by molar-refractivity contribution is 0.247. The summed E-state index contributed by atoms with van der Waals surface area (Å²) in [5.74, 6) is 2.55. The number of hydrogen-bond acceptors (Lipinski definition) is 9. The molecule has 1 aliphatic rings. The number of nitrogens with one attached hydrogen (secondary N) is 1. The number of anilines is 3. The molecule has 0 spiro atoms. The van der Waals surface area contributed by atoms with Crippen LogP contribution in [0.5, 0.6) is 17.2 Å². The van der Waals surface area contributed by atoms with Gasteiger partial charge in [-0.15, -0.1) is 0 Å². The normalized spacial score (nSPS) is 16.2. The molecular formula is C16H20N4O4S. The van der Waals surface area contributed by atoms with Crippen LogP contribution in [0.25, 0.3) is 0 Å². The van der Waals surface area contributed by atoms with E-state index in [1.165, 1.54) is 11.3 Å². The molecule has 3 rings (SSSR count). The van der Waals surface area contributed by atoms with Crippen molar-refractivity contribution in [3.63, 3.8) is 0 Å². The Kier molecular flexibility index (Phi) is 4.84. The smallest absolute Gasteiger partial charge is 0.230 e. The number of benzene rings is 1. The fourth-order valence-electron chi connectivity index (χ4n) is 2.42. The minimum absolute atomic E-state index is 0.0584. The first-order valence-corrected chi connectivity index (χ1v) is 8.42. The van der Waals surface area contributed by atoms with E-state index < -0.39 is 0 Å². The summed E-state index contributed by atoms with van der Waals surface area (Å²) in [5, 5.41) is 3.82. The molecule has 1 aromatic carbocycles. The van der Waals surface area contributed by atoms with Crippen LogP contribution in [0, 0.1) is 0 Å². The van der Waals surface area contributed by atoms with Crippen LogP contribution in [-0.4, -0.2) is 44.9 Å². The van der Waals surface area contributed by atoms with Gasteiger partial charge in [0.15, 0.2) is 16.6 Å². The summed E-state index contributed by atoms with van der Waals surface area (Å²) < 4.78 is 21.7. The Hall–Kier alpha value is -2.68. The molecule has 25 heavy (non-hydrogen) atoms. The average Bonchev–Trinajstić information content (AvgIpc) is 3.19. The Morgan fingerprint density at radius 2 is 1.88 bits per heavy atom. The molecule has 0 amide bonds. The molecule has 1 atom stereocenters. The maximum absolute atomic E-state index is 6.01. The Balaban J connectivity index is 1.88. The van der Waals surface area contributed by atoms with E-state index in [0.717, 1.165) is 10.6 Å². The van der Waals surface area contributed by atoms with Crippen molar-refractivity contribution in [2.45, 2.75) is 13.0 Å². The third kappa shape index (κ3) is 3.41. The van der Waals surface area contributed by atoms with Crippen LogP contribution in [-0.2, 0) is 4.74 Å². The van der Waals surface area contributed by atoms with Crippen molar-refractivity contribution in [1.29, 1.82) is 0 Å². The highest BCUT2D eigenvalue weighted by Gasteiger charge is 2.23. The van der Waals surface area contributed by atoms with E-state index >= 15 is 0 Å². The van der Waals surface area contributed by atoms with Gasteiger partial charge in [0, 0.05) is 17.8 Å². The van der Waals surface area contributed by atoms with Gasteiger partial charge in [-0.05, 0) is 6.92 Å². The molecule has 8 nitrogen and oxygen atoms in total. The Labute approximate surface area is 149 Å². The maximum Gasteiger partial charge on any atom is 0.230 e. The van der Waals surface area contributed by atoms with Crippen LogP contribution in [0.2, 0.25) is 0 Å².